The standard InChI is InChI=1S/C24H26N6O3S/c1-30(2)24(31)13-5-6-15-19(9-13)34-23-21(15)22(25-12-26-23)28-17-8-14-11-27-29-16(14)10-18(17)33-20-4-3-7-32-20/h8,10-13,20H,3-7,9H2,1-2H3,(H,27,29)(H,25,26,28)/t13-,20?/m0/s1. The second-order valence-electron chi connectivity index (χ2n) is 9.07. The number of carbonyl (C=O) groups is 1. The van der Waals surface area contributed by atoms with Crippen molar-refractivity contribution in [1.29, 1.82) is 0 Å². The van der Waals surface area contributed by atoms with Crippen LogP contribution in [0.3, 0.4) is 0 Å². The van der Waals surface area contributed by atoms with Crippen LogP contribution in [-0.2, 0) is 22.4 Å². The van der Waals surface area contributed by atoms with Crippen molar-refractivity contribution in [3.05, 3.63) is 35.1 Å². The van der Waals surface area contributed by atoms with E-state index in [1.54, 1.807) is 28.8 Å². The van der Waals surface area contributed by atoms with Gasteiger partial charge in [-0.1, -0.05) is 0 Å². The van der Waals surface area contributed by atoms with Gasteiger partial charge in [-0.3, -0.25) is 9.89 Å². The number of hydrogen-bond acceptors (Lipinski definition) is 8. The molecule has 10 heteroatoms. The molecular weight excluding hydrogens is 452 g/mol. The van der Waals surface area contributed by atoms with Gasteiger partial charge in [-0.2, -0.15) is 5.10 Å². The largest absolute Gasteiger partial charge is 0.463 e. The van der Waals surface area contributed by atoms with Gasteiger partial charge in [0.25, 0.3) is 0 Å². The van der Waals surface area contributed by atoms with Crippen LogP contribution in [0.5, 0.6) is 5.75 Å². The quantitative estimate of drug-likeness (QED) is 0.446. The lowest BCUT2D eigenvalue weighted by molar-refractivity contribution is -0.133. The average molecular weight is 479 g/mol. The number of fused-ring (bicyclic) bond motifs is 4. The molecule has 0 radical (unpaired) electrons. The van der Waals surface area contributed by atoms with Gasteiger partial charge in [0, 0.05) is 42.8 Å². The Morgan fingerprint density at radius 2 is 2.21 bits per heavy atom. The van der Waals surface area contributed by atoms with E-state index in [2.05, 4.69) is 25.5 Å². The fourth-order valence-corrected chi connectivity index (χ4v) is 6.12. The number of nitrogens with zero attached hydrogens (tertiary/aromatic N) is 4. The van der Waals surface area contributed by atoms with Crippen molar-refractivity contribution in [3.8, 4) is 5.75 Å². The van der Waals surface area contributed by atoms with E-state index in [4.69, 9.17) is 9.47 Å². The number of aryl methyl sites for hydroxylation is 1. The lowest BCUT2D eigenvalue weighted by atomic mass is 9.87. The van der Waals surface area contributed by atoms with Gasteiger partial charge in [-0.05, 0) is 37.3 Å². The number of nitrogens with one attached hydrogen (secondary N) is 2. The third-order valence-electron chi connectivity index (χ3n) is 6.58. The Hall–Kier alpha value is -3.24. The van der Waals surface area contributed by atoms with E-state index in [0.717, 1.165) is 64.7 Å². The van der Waals surface area contributed by atoms with Gasteiger partial charge < -0.3 is 19.7 Å². The third kappa shape index (κ3) is 3.76. The van der Waals surface area contributed by atoms with Crippen LogP contribution in [0.1, 0.15) is 29.7 Å². The molecule has 4 aromatic rings. The minimum absolute atomic E-state index is 0.0230. The van der Waals surface area contributed by atoms with Gasteiger partial charge in [0.1, 0.15) is 22.7 Å². The SMILES string of the molecule is CN(C)C(=O)[C@H]1CCc2c(sc3ncnc(Nc4cc5cn[nH]c5cc4OC4CCCO4)c23)C1. The highest BCUT2D eigenvalue weighted by Crippen LogP contribution is 2.42. The molecule has 0 saturated carbocycles. The molecule has 2 atom stereocenters. The van der Waals surface area contributed by atoms with E-state index < -0.39 is 0 Å². The molecule has 1 amide bonds. The second kappa shape index (κ2) is 8.52. The van der Waals surface area contributed by atoms with Crippen LogP contribution in [0.2, 0.25) is 0 Å². The summed E-state index contributed by atoms with van der Waals surface area (Å²) in [7, 11) is 3.65. The van der Waals surface area contributed by atoms with Crippen molar-refractivity contribution >= 4 is 49.9 Å². The van der Waals surface area contributed by atoms with E-state index in [1.807, 2.05) is 26.2 Å². The molecule has 2 N–H and O–H groups in total. The molecule has 1 fully saturated rings. The van der Waals surface area contributed by atoms with Crippen LogP contribution in [0.15, 0.2) is 24.7 Å². The van der Waals surface area contributed by atoms with Crippen molar-refractivity contribution in [2.24, 2.45) is 5.92 Å². The molecular formula is C24H26N6O3S. The summed E-state index contributed by atoms with van der Waals surface area (Å²) in [5.74, 6) is 1.66. The maximum Gasteiger partial charge on any atom is 0.225 e. The Morgan fingerprint density at radius 3 is 3.03 bits per heavy atom. The first-order valence-electron chi connectivity index (χ1n) is 11.6. The summed E-state index contributed by atoms with van der Waals surface area (Å²) in [4.78, 5) is 25.6. The summed E-state index contributed by atoms with van der Waals surface area (Å²) in [6.45, 7) is 0.713. The number of anilines is 2. The van der Waals surface area contributed by atoms with Gasteiger partial charge in [0.2, 0.25) is 5.91 Å². The smallest absolute Gasteiger partial charge is 0.225 e. The van der Waals surface area contributed by atoms with Crippen molar-refractivity contribution in [1.82, 2.24) is 25.1 Å². The Kier molecular flexibility index (Phi) is 5.34. The molecule has 6 rings (SSSR count). The number of carbonyl (C=O) groups excluding carboxylic acids is 1. The highest BCUT2D eigenvalue weighted by atomic mass is 32.1. The first-order valence-corrected chi connectivity index (χ1v) is 12.4. The van der Waals surface area contributed by atoms with E-state index in [1.165, 1.54) is 10.4 Å². The molecule has 1 saturated heterocycles. The zero-order chi connectivity index (χ0) is 23.2. The van der Waals surface area contributed by atoms with Crippen LogP contribution in [0, 0.1) is 5.92 Å². The van der Waals surface area contributed by atoms with Crippen LogP contribution < -0.4 is 10.1 Å². The Labute approximate surface area is 200 Å². The zero-order valence-corrected chi connectivity index (χ0v) is 19.9. The second-order valence-corrected chi connectivity index (χ2v) is 10.2. The Bertz CT molecular complexity index is 1370. The van der Waals surface area contributed by atoms with Crippen LogP contribution in [-0.4, -0.2) is 58.0 Å². The number of H-pyrrole nitrogens is 1. The number of thiophene rings is 1. The summed E-state index contributed by atoms with van der Waals surface area (Å²) in [5.41, 5.74) is 2.95. The zero-order valence-electron chi connectivity index (χ0n) is 19.1. The molecule has 1 aliphatic carbocycles. The third-order valence-corrected chi connectivity index (χ3v) is 7.74. The van der Waals surface area contributed by atoms with Crippen molar-refractivity contribution in [3.63, 3.8) is 0 Å². The summed E-state index contributed by atoms with van der Waals surface area (Å²) in [5, 5.41) is 12.7. The molecule has 0 spiro atoms. The highest BCUT2D eigenvalue weighted by Gasteiger charge is 2.30. The van der Waals surface area contributed by atoms with Gasteiger partial charge in [0.15, 0.2) is 6.29 Å². The highest BCUT2D eigenvalue weighted by molar-refractivity contribution is 7.19. The van der Waals surface area contributed by atoms with Crippen LogP contribution >= 0.6 is 11.3 Å². The fourth-order valence-electron chi connectivity index (χ4n) is 4.86. The number of benzene rings is 1. The van der Waals surface area contributed by atoms with Crippen LogP contribution in [0.25, 0.3) is 21.1 Å². The average Bonchev–Trinajstić information content (AvgIpc) is 3.58. The molecule has 0 bridgehead atoms. The first-order chi connectivity index (χ1) is 16.6. The Morgan fingerprint density at radius 1 is 1.29 bits per heavy atom. The lowest BCUT2D eigenvalue weighted by Crippen LogP contribution is -2.32. The summed E-state index contributed by atoms with van der Waals surface area (Å²) >= 11 is 1.66. The first kappa shape index (κ1) is 21.3. The van der Waals surface area contributed by atoms with Crippen molar-refractivity contribution in [2.75, 3.05) is 26.0 Å². The molecule has 1 aromatic carbocycles. The number of rotatable bonds is 5. The number of aromatic amines is 1. The lowest BCUT2D eigenvalue weighted by Gasteiger charge is -2.24. The summed E-state index contributed by atoms with van der Waals surface area (Å²) in [6, 6.07) is 3.97. The van der Waals surface area contributed by atoms with Gasteiger partial charge >= 0.3 is 0 Å². The number of hydrogen-bond donors (Lipinski definition) is 2. The predicted octanol–water partition coefficient (Wildman–Crippen LogP) is 4.02. The fraction of sp³-hybridized carbons (Fsp3) is 0.417. The van der Waals surface area contributed by atoms with E-state index in [-0.39, 0.29) is 18.1 Å². The molecule has 9 nitrogen and oxygen atoms in total. The van der Waals surface area contributed by atoms with Crippen LogP contribution in [0.4, 0.5) is 11.5 Å². The molecule has 34 heavy (non-hydrogen) atoms. The number of ether oxygens (including phenoxy) is 2. The molecule has 3 aromatic heterocycles. The maximum atomic E-state index is 12.6. The van der Waals surface area contributed by atoms with Gasteiger partial charge in [-0.25, -0.2) is 9.97 Å². The summed E-state index contributed by atoms with van der Waals surface area (Å²) < 4.78 is 11.9. The van der Waals surface area contributed by atoms with Crippen molar-refractivity contribution < 1.29 is 14.3 Å². The van der Waals surface area contributed by atoms with E-state index in [9.17, 15) is 4.79 Å². The molecule has 1 aliphatic heterocycles. The monoisotopic (exact) mass is 478 g/mol. The van der Waals surface area contributed by atoms with E-state index >= 15 is 0 Å². The topological polar surface area (TPSA) is 105 Å². The summed E-state index contributed by atoms with van der Waals surface area (Å²) in [6.07, 6.45) is 7.40. The Balaban J connectivity index is 1.37. The van der Waals surface area contributed by atoms with Gasteiger partial charge in [0.05, 0.1) is 29.4 Å². The number of amides is 1. The molecule has 176 valence electrons. The van der Waals surface area contributed by atoms with E-state index in [0.29, 0.717) is 12.4 Å². The molecule has 4 heterocycles. The number of aromatic nitrogens is 4. The minimum atomic E-state index is -0.258. The predicted molar refractivity (Wildman–Crippen MR) is 131 cm³/mol. The minimum Gasteiger partial charge on any atom is -0.463 e. The van der Waals surface area contributed by atoms with Gasteiger partial charge in [-0.15, -0.1) is 11.3 Å². The van der Waals surface area contributed by atoms with Crippen molar-refractivity contribution in [2.45, 2.75) is 38.4 Å². The maximum absolute atomic E-state index is 12.6. The molecule has 2 aliphatic rings. The molecule has 1 unspecified atom stereocenters. The normalized spacial score (nSPS) is 19.9.